The lowest BCUT2D eigenvalue weighted by Gasteiger charge is -2.11. The highest BCUT2D eigenvalue weighted by Gasteiger charge is 2.09. The lowest BCUT2D eigenvalue weighted by molar-refractivity contribution is 0.222. The van der Waals surface area contributed by atoms with Gasteiger partial charge in [0.05, 0.1) is 6.10 Å². The van der Waals surface area contributed by atoms with E-state index in [0.717, 1.165) is 6.42 Å². The van der Waals surface area contributed by atoms with Crippen molar-refractivity contribution in [2.24, 2.45) is 0 Å². The number of nitrogens with one attached hydrogen (secondary N) is 1. The van der Waals surface area contributed by atoms with Crippen LogP contribution >= 0.6 is 11.6 Å². The Labute approximate surface area is 120 Å². The minimum atomic E-state index is -0.829. The number of halogens is 1. The first kappa shape index (κ1) is 16.1. The highest BCUT2D eigenvalue weighted by molar-refractivity contribution is 7.84. The molecule has 0 aliphatic heterocycles. The Morgan fingerprint density at radius 2 is 2.00 bits per heavy atom. The fourth-order valence-electron chi connectivity index (χ4n) is 1.23. The molecule has 0 aliphatic carbocycles. The predicted octanol–water partition coefficient (Wildman–Crippen LogP) is 1.88. The quantitative estimate of drug-likeness (QED) is 0.829. The zero-order valence-corrected chi connectivity index (χ0v) is 13.1. The third-order valence-electron chi connectivity index (χ3n) is 2.33. The molecule has 0 fully saturated rings. The topological polar surface area (TPSA) is 77.0 Å². The Kier molecular flexibility index (Phi) is 6.44. The van der Waals surface area contributed by atoms with E-state index in [0.29, 0.717) is 12.5 Å². The van der Waals surface area contributed by atoms with Gasteiger partial charge >= 0.3 is 6.01 Å². The average molecular weight is 307 g/mol. The summed E-state index contributed by atoms with van der Waals surface area (Å²) in [5.74, 6) is 0.365. The number of aromatic nitrogens is 3. The van der Waals surface area contributed by atoms with E-state index in [1.807, 2.05) is 20.8 Å². The van der Waals surface area contributed by atoms with Crippen LogP contribution in [-0.4, -0.2) is 43.3 Å². The first-order chi connectivity index (χ1) is 8.88. The molecule has 1 heterocycles. The van der Waals surface area contributed by atoms with E-state index < -0.39 is 10.8 Å². The first-order valence-electron chi connectivity index (χ1n) is 6.02. The lowest BCUT2D eigenvalue weighted by atomic mass is 10.3. The Balaban J connectivity index is 2.58. The van der Waals surface area contributed by atoms with Gasteiger partial charge in [-0.1, -0.05) is 6.92 Å². The summed E-state index contributed by atoms with van der Waals surface area (Å²) in [5.41, 5.74) is 0. The highest BCUT2D eigenvalue weighted by atomic mass is 35.5. The van der Waals surface area contributed by atoms with E-state index in [4.69, 9.17) is 16.3 Å². The van der Waals surface area contributed by atoms with Crippen LogP contribution in [0.5, 0.6) is 6.01 Å². The number of rotatable bonds is 7. The minimum absolute atomic E-state index is 0.0335. The predicted molar refractivity (Wildman–Crippen MR) is 77.2 cm³/mol. The van der Waals surface area contributed by atoms with Crippen molar-refractivity contribution >= 4 is 28.3 Å². The van der Waals surface area contributed by atoms with Crippen LogP contribution < -0.4 is 10.1 Å². The van der Waals surface area contributed by atoms with Gasteiger partial charge in [-0.05, 0) is 31.9 Å². The zero-order chi connectivity index (χ0) is 14.4. The maximum atomic E-state index is 11.2. The molecular weight excluding hydrogens is 288 g/mol. The largest absolute Gasteiger partial charge is 0.461 e. The summed E-state index contributed by atoms with van der Waals surface area (Å²) in [6.45, 7) is 6.31. The third kappa shape index (κ3) is 6.15. The molecule has 0 aliphatic rings. The Bertz CT molecular complexity index is 445. The van der Waals surface area contributed by atoms with Crippen LogP contribution in [0.4, 0.5) is 5.95 Å². The average Bonchev–Trinajstić information content (AvgIpc) is 2.26. The fraction of sp³-hybridized carbons (Fsp3) is 0.727. The standard InChI is InChI=1S/C11H19ClN4O2S/c1-7(2)18-11-15-9(12)14-10(16-11)13-6-5-8(3)19(4)17/h7-8H,5-6H2,1-4H3,(H,13,14,15,16). The summed E-state index contributed by atoms with van der Waals surface area (Å²) in [6, 6.07) is 0.199. The lowest BCUT2D eigenvalue weighted by Crippen LogP contribution is -2.16. The van der Waals surface area contributed by atoms with E-state index in [1.54, 1.807) is 6.26 Å². The molecule has 2 unspecified atom stereocenters. The molecule has 1 aromatic rings. The van der Waals surface area contributed by atoms with Gasteiger partial charge in [0.2, 0.25) is 11.2 Å². The summed E-state index contributed by atoms with van der Waals surface area (Å²) in [7, 11) is -0.829. The molecular formula is C11H19ClN4O2S. The molecule has 0 bridgehead atoms. The molecule has 0 amide bonds. The minimum Gasteiger partial charge on any atom is -0.461 e. The van der Waals surface area contributed by atoms with Crippen molar-refractivity contribution in [1.29, 1.82) is 0 Å². The third-order valence-corrected chi connectivity index (χ3v) is 3.87. The summed E-state index contributed by atoms with van der Waals surface area (Å²) < 4.78 is 16.6. The summed E-state index contributed by atoms with van der Waals surface area (Å²) >= 11 is 5.79. The molecule has 1 aromatic heterocycles. The van der Waals surface area contributed by atoms with E-state index in [9.17, 15) is 4.21 Å². The van der Waals surface area contributed by atoms with E-state index in [-0.39, 0.29) is 22.6 Å². The van der Waals surface area contributed by atoms with Crippen molar-refractivity contribution in [3.8, 4) is 6.01 Å². The van der Waals surface area contributed by atoms with Crippen molar-refractivity contribution < 1.29 is 8.95 Å². The molecule has 8 heteroatoms. The molecule has 0 spiro atoms. The highest BCUT2D eigenvalue weighted by Crippen LogP contribution is 2.12. The summed E-state index contributed by atoms with van der Waals surface area (Å²) in [6.07, 6.45) is 2.42. The van der Waals surface area contributed by atoms with E-state index in [1.165, 1.54) is 0 Å². The molecule has 0 saturated heterocycles. The summed E-state index contributed by atoms with van der Waals surface area (Å²) in [5, 5.41) is 3.23. The van der Waals surface area contributed by atoms with E-state index >= 15 is 0 Å². The van der Waals surface area contributed by atoms with Gasteiger partial charge in [0, 0.05) is 28.9 Å². The molecule has 1 rings (SSSR count). The van der Waals surface area contributed by atoms with Crippen molar-refractivity contribution in [3.63, 3.8) is 0 Å². The SMILES string of the molecule is CC(C)Oc1nc(Cl)nc(NCCC(C)S(C)=O)n1. The van der Waals surface area contributed by atoms with Gasteiger partial charge in [-0.2, -0.15) is 15.0 Å². The second kappa shape index (κ2) is 7.59. The van der Waals surface area contributed by atoms with Crippen LogP contribution in [0.3, 0.4) is 0 Å². The fourth-order valence-corrected chi connectivity index (χ4v) is 1.83. The molecule has 2 atom stereocenters. The van der Waals surface area contributed by atoms with Gasteiger partial charge in [0.25, 0.3) is 0 Å². The first-order valence-corrected chi connectivity index (χ1v) is 8.02. The molecule has 19 heavy (non-hydrogen) atoms. The van der Waals surface area contributed by atoms with Crippen LogP contribution in [0.15, 0.2) is 0 Å². The maximum Gasteiger partial charge on any atom is 0.322 e. The van der Waals surface area contributed by atoms with Crippen molar-refractivity contribution in [3.05, 3.63) is 5.28 Å². The van der Waals surface area contributed by atoms with Crippen LogP contribution in [0.25, 0.3) is 0 Å². The van der Waals surface area contributed by atoms with Gasteiger partial charge in [0.1, 0.15) is 0 Å². The Morgan fingerprint density at radius 3 is 2.58 bits per heavy atom. The van der Waals surface area contributed by atoms with Crippen molar-refractivity contribution in [2.45, 2.75) is 38.5 Å². The van der Waals surface area contributed by atoms with Crippen molar-refractivity contribution in [1.82, 2.24) is 15.0 Å². The molecule has 108 valence electrons. The molecule has 1 N–H and O–H groups in total. The number of hydrogen-bond donors (Lipinski definition) is 1. The Morgan fingerprint density at radius 1 is 1.32 bits per heavy atom. The van der Waals surface area contributed by atoms with Crippen molar-refractivity contribution in [2.75, 3.05) is 18.1 Å². The molecule has 0 radical (unpaired) electrons. The van der Waals surface area contributed by atoms with Gasteiger partial charge < -0.3 is 10.1 Å². The zero-order valence-electron chi connectivity index (χ0n) is 11.5. The van der Waals surface area contributed by atoms with Gasteiger partial charge in [0.15, 0.2) is 0 Å². The number of hydrogen-bond acceptors (Lipinski definition) is 6. The second-order valence-corrected chi connectivity index (χ2v) is 6.54. The van der Waals surface area contributed by atoms with E-state index in [2.05, 4.69) is 20.3 Å². The molecule has 0 aromatic carbocycles. The number of anilines is 1. The number of ether oxygens (including phenoxy) is 1. The van der Waals surface area contributed by atoms with Gasteiger partial charge in [-0.15, -0.1) is 0 Å². The molecule has 0 saturated carbocycles. The van der Waals surface area contributed by atoms with Crippen LogP contribution in [0, 0.1) is 0 Å². The monoisotopic (exact) mass is 306 g/mol. The Hall–Kier alpha value is -0.950. The smallest absolute Gasteiger partial charge is 0.322 e. The van der Waals surface area contributed by atoms with Crippen LogP contribution in [0.2, 0.25) is 5.28 Å². The maximum absolute atomic E-state index is 11.2. The van der Waals surface area contributed by atoms with Gasteiger partial charge in [-0.3, -0.25) is 4.21 Å². The second-order valence-electron chi connectivity index (χ2n) is 4.40. The molecule has 6 nitrogen and oxygen atoms in total. The van der Waals surface area contributed by atoms with Crippen LogP contribution in [0.1, 0.15) is 27.2 Å². The number of nitrogens with zero attached hydrogens (tertiary/aromatic N) is 3. The summed E-state index contributed by atoms with van der Waals surface area (Å²) in [4.78, 5) is 11.9. The normalized spacial score (nSPS) is 14.2. The van der Waals surface area contributed by atoms with Crippen LogP contribution in [-0.2, 0) is 10.8 Å². The van der Waals surface area contributed by atoms with Gasteiger partial charge in [-0.25, -0.2) is 0 Å².